The van der Waals surface area contributed by atoms with E-state index >= 15 is 0 Å². The Balaban J connectivity index is 2.21. The van der Waals surface area contributed by atoms with Gasteiger partial charge in [0.15, 0.2) is 0 Å². The standard InChI is InChI=1S/C16H19BrO/c1-3-12(4-2)11-18-15-10-9-13-7-5-6-8-14(13)16(15)17/h5-10,12H,3-4,11H2,1-2H3. The maximum atomic E-state index is 5.94. The van der Waals surface area contributed by atoms with Crippen LogP contribution in [0.25, 0.3) is 10.8 Å². The number of ether oxygens (including phenoxy) is 1. The predicted molar refractivity (Wildman–Crippen MR) is 81.2 cm³/mol. The fraction of sp³-hybridized carbons (Fsp3) is 0.375. The molecular formula is C16H19BrO. The summed E-state index contributed by atoms with van der Waals surface area (Å²) in [5.74, 6) is 1.59. The summed E-state index contributed by atoms with van der Waals surface area (Å²) >= 11 is 3.65. The van der Waals surface area contributed by atoms with Crippen LogP contribution in [-0.4, -0.2) is 6.61 Å². The normalized spacial score (nSPS) is 11.1. The van der Waals surface area contributed by atoms with E-state index in [1.54, 1.807) is 0 Å². The molecule has 0 N–H and O–H groups in total. The average molecular weight is 307 g/mol. The van der Waals surface area contributed by atoms with E-state index in [9.17, 15) is 0 Å². The van der Waals surface area contributed by atoms with Crippen LogP contribution in [0.2, 0.25) is 0 Å². The second-order valence-corrected chi connectivity index (χ2v) is 5.39. The van der Waals surface area contributed by atoms with Crippen molar-refractivity contribution in [2.45, 2.75) is 26.7 Å². The van der Waals surface area contributed by atoms with E-state index in [2.05, 4.69) is 66.2 Å². The van der Waals surface area contributed by atoms with Crippen molar-refractivity contribution >= 4 is 26.7 Å². The summed E-state index contributed by atoms with van der Waals surface area (Å²) < 4.78 is 7.00. The number of fused-ring (bicyclic) bond motifs is 1. The van der Waals surface area contributed by atoms with Crippen LogP contribution in [0.3, 0.4) is 0 Å². The molecule has 2 rings (SSSR count). The first-order chi connectivity index (χ1) is 8.76. The van der Waals surface area contributed by atoms with E-state index in [0.29, 0.717) is 5.92 Å². The third-order valence-corrected chi connectivity index (χ3v) is 4.28. The van der Waals surface area contributed by atoms with Gasteiger partial charge in [0.2, 0.25) is 0 Å². The lowest BCUT2D eigenvalue weighted by Crippen LogP contribution is -2.10. The zero-order valence-corrected chi connectivity index (χ0v) is 12.5. The molecule has 0 saturated carbocycles. The molecule has 0 aliphatic rings. The number of benzene rings is 2. The highest BCUT2D eigenvalue weighted by molar-refractivity contribution is 9.10. The van der Waals surface area contributed by atoms with Gasteiger partial charge in [0.05, 0.1) is 11.1 Å². The van der Waals surface area contributed by atoms with Crippen LogP contribution in [0, 0.1) is 5.92 Å². The van der Waals surface area contributed by atoms with Crippen LogP contribution in [0.4, 0.5) is 0 Å². The number of rotatable bonds is 5. The largest absolute Gasteiger partial charge is 0.492 e. The molecule has 96 valence electrons. The molecule has 18 heavy (non-hydrogen) atoms. The van der Waals surface area contributed by atoms with Crippen molar-refractivity contribution in [3.8, 4) is 5.75 Å². The van der Waals surface area contributed by atoms with Crippen molar-refractivity contribution in [3.63, 3.8) is 0 Å². The summed E-state index contributed by atoms with van der Waals surface area (Å²) in [5, 5.41) is 2.44. The van der Waals surface area contributed by atoms with Crippen LogP contribution in [0.1, 0.15) is 26.7 Å². The topological polar surface area (TPSA) is 9.23 Å². The third kappa shape index (κ3) is 2.86. The highest BCUT2D eigenvalue weighted by Gasteiger charge is 2.08. The average Bonchev–Trinajstić information content (AvgIpc) is 2.42. The van der Waals surface area contributed by atoms with Crippen molar-refractivity contribution in [2.75, 3.05) is 6.61 Å². The minimum absolute atomic E-state index is 0.642. The van der Waals surface area contributed by atoms with Gasteiger partial charge in [-0.25, -0.2) is 0 Å². The zero-order valence-electron chi connectivity index (χ0n) is 10.9. The van der Waals surface area contributed by atoms with Crippen LogP contribution in [0.5, 0.6) is 5.75 Å². The molecule has 0 aliphatic carbocycles. The molecule has 0 atom stereocenters. The molecule has 0 fully saturated rings. The van der Waals surface area contributed by atoms with Gasteiger partial charge in [-0.3, -0.25) is 0 Å². The van der Waals surface area contributed by atoms with Crippen LogP contribution in [0.15, 0.2) is 40.9 Å². The molecule has 0 aromatic heterocycles. The quantitative estimate of drug-likeness (QED) is 0.717. The zero-order chi connectivity index (χ0) is 13.0. The summed E-state index contributed by atoms with van der Waals surface area (Å²) in [4.78, 5) is 0. The highest BCUT2D eigenvalue weighted by atomic mass is 79.9. The van der Waals surface area contributed by atoms with E-state index in [1.807, 2.05) is 0 Å². The van der Waals surface area contributed by atoms with E-state index in [4.69, 9.17) is 4.74 Å². The Labute approximate surface area is 117 Å². The molecule has 1 nitrogen and oxygen atoms in total. The first-order valence-electron chi connectivity index (χ1n) is 6.56. The van der Waals surface area contributed by atoms with Gasteiger partial charge in [-0.1, -0.05) is 57.0 Å². The van der Waals surface area contributed by atoms with E-state index < -0.39 is 0 Å². The molecular weight excluding hydrogens is 288 g/mol. The van der Waals surface area contributed by atoms with E-state index in [0.717, 1.165) is 16.8 Å². The van der Waals surface area contributed by atoms with Crippen molar-refractivity contribution < 1.29 is 4.74 Å². The van der Waals surface area contributed by atoms with Crippen molar-refractivity contribution in [3.05, 3.63) is 40.9 Å². The van der Waals surface area contributed by atoms with Crippen LogP contribution in [-0.2, 0) is 0 Å². The molecule has 0 saturated heterocycles. The fourth-order valence-corrected chi connectivity index (χ4v) is 2.66. The molecule has 0 heterocycles. The minimum Gasteiger partial charge on any atom is -0.492 e. The molecule has 0 radical (unpaired) electrons. The SMILES string of the molecule is CCC(CC)COc1ccc2ccccc2c1Br. The van der Waals surface area contributed by atoms with Gasteiger partial charge in [-0.15, -0.1) is 0 Å². The summed E-state index contributed by atoms with van der Waals surface area (Å²) in [6.07, 6.45) is 2.34. The second kappa shape index (κ2) is 6.24. The number of halogens is 1. The molecule has 0 amide bonds. The first-order valence-corrected chi connectivity index (χ1v) is 7.35. The van der Waals surface area contributed by atoms with Gasteiger partial charge in [-0.2, -0.15) is 0 Å². The number of hydrogen-bond acceptors (Lipinski definition) is 1. The Morgan fingerprint density at radius 2 is 1.78 bits per heavy atom. The third-order valence-electron chi connectivity index (χ3n) is 3.46. The molecule has 0 unspecified atom stereocenters. The summed E-state index contributed by atoms with van der Waals surface area (Å²) in [5.41, 5.74) is 0. The summed E-state index contributed by atoms with van der Waals surface area (Å²) in [6, 6.07) is 12.5. The Kier molecular flexibility index (Phi) is 4.65. The Morgan fingerprint density at radius 3 is 2.50 bits per heavy atom. The van der Waals surface area contributed by atoms with Crippen molar-refractivity contribution in [2.24, 2.45) is 5.92 Å². The van der Waals surface area contributed by atoms with Crippen LogP contribution < -0.4 is 4.74 Å². The molecule has 0 spiro atoms. The second-order valence-electron chi connectivity index (χ2n) is 4.59. The molecule has 0 aliphatic heterocycles. The van der Waals surface area contributed by atoms with Gasteiger partial charge in [0, 0.05) is 0 Å². The maximum absolute atomic E-state index is 5.94. The lowest BCUT2D eigenvalue weighted by atomic mass is 10.1. The maximum Gasteiger partial charge on any atom is 0.134 e. The highest BCUT2D eigenvalue weighted by Crippen LogP contribution is 2.33. The lowest BCUT2D eigenvalue weighted by Gasteiger charge is -2.15. The van der Waals surface area contributed by atoms with E-state index in [-0.39, 0.29) is 0 Å². The summed E-state index contributed by atoms with van der Waals surface area (Å²) in [6.45, 7) is 5.23. The smallest absolute Gasteiger partial charge is 0.134 e. The Hall–Kier alpha value is -1.02. The van der Waals surface area contributed by atoms with Gasteiger partial charge in [-0.05, 0) is 38.7 Å². The number of hydrogen-bond donors (Lipinski definition) is 0. The Morgan fingerprint density at radius 1 is 1.06 bits per heavy atom. The van der Waals surface area contributed by atoms with Crippen molar-refractivity contribution in [1.29, 1.82) is 0 Å². The minimum atomic E-state index is 0.642. The van der Waals surface area contributed by atoms with Crippen molar-refractivity contribution in [1.82, 2.24) is 0 Å². The lowest BCUT2D eigenvalue weighted by molar-refractivity contribution is 0.239. The Bertz CT molecular complexity index is 517. The summed E-state index contributed by atoms with van der Waals surface area (Å²) in [7, 11) is 0. The van der Waals surface area contributed by atoms with Gasteiger partial charge in [0.1, 0.15) is 5.75 Å². The van der Waals surface area contributed by atoms with Gasteiger partial charge >= 0.3 is 0 Å². The van der Waals surface area contributed by atoms with Crippen LogP contribution >= 0.6 is 15.9 Å². The molecule has 2 heteroatoms. The van der Waals surface area contributed by atoms with Gasteiger partial charge in [0.25, 0.3) is 0 Å². The van der Waals surface area contributed by atoms with E-state index in [1.165, 1.54) is 23.6 Å². The van der Waals surface area contributed by atoms with Gasteiger partial charge < -0.3 is 4.74 Å². The molecule has 0 bridgehead atoms. The monoisotopic (exact) mass is 306 g/mol. The molecule has 2 aromatic carbocycles. The predicted octanol–water partition coefficient (Wildman–Crippen LogP) is 5.42. The molecule has 2 aromatic rings. The first kappa shape index (κ1) is 13.4. The fourth-order valence-electron chi connectivity index (χ4n) is 2.06.